The molecule has 2 aliphatic carbocycles. The van der Waals surface area contributed by atoms with E-state index in [9.17, 15) is 18.4 Å². The number of nitrogens with zero attached hydrogens (tertiary/aromatic N) is 4. The predicted molar refractivity (Wildman–Crippen MR) is 158 cm³/mol. The van der Waals surface area contributed by atoms with Gasteiger partial charge in [0.1, 0.15) is 6.04 Å². The van der Waals surface area contributed by atoms with E-state index < -0.39 is 28.7 Å². The van der Waals surface area contributed by atoms with Crippen LogP contribution in [0.4, 0.5) is 8.78 Å². The Kier molecular flexibility index (Phi) is 8.98. The number of hydrogen-bond acceptors (Lipinski definition) is 9. The lowest BCUT2D eigenvalue weighted by Gasteiger charge is -2.33. The number of fused-ring (bicyclic) bond motifs is 1. The van der Waals surface area contributed by atoms with Crippen molar-refractivity contribution in [3.05, 3.63) is 79.7 Å². The molecule has 2 aromatic heterocycles. The van der Waals surface area contributed by atoms with Crippen molar-refractivity contribution in [3.63, 3.8) is 0 Å². The molecule has 3 aromatic rings. The Morgan fingerprint density at radius 1 is 1.26 bits per heavy atom. The van der Waals surface area contributed by atoms with E-state index in [1.807, 2.05) is 10.9 Å². The van der Waals surface area contributed by atoms with Gasteiger partial charge < -0.3 is 14.8 Å². The number of halogens is 3. The number of methoxy groups -OCH3 is 1. The van der Waals surface area contributed by atoms with Crippen LogP contribution in [0.3, 0.4) is 0 Å². The first-order valence-electron chi connectivity index (χ1n) is 13.7. The standard InChI is InChI=1S/C29H28ClF2N5O4S.CH4/c1-3-41-29(39)21-24(14-4-7-20-16(10-14)13-37(36-20)17-11-15(12-17)28(38)40-2)34-26(27-33-8-9-42-27)35-25(21)18-5-6-19(31)23(32)22(18)30;/h5-6,8-9,13-15,17,25H,3-4,7,10-12H2,1-2H3,(H,34,35);1H4. The highest BCUT2D eigenvalue weighted by atomic mass is 35.5. The summed E-state index contributed by atoms with van der Waals surface area (Å²) in [7, 11) is 1.40. The van der Waals surface area contributed by atoms with Crippen LogP contribution in [0.1, 0.15) is 67.5 Å². The zero-order valence-corrected chi connectivity index (χ0v) is 24.5. The highest BCUT2D eigenvalue weighted by Gasteiger charge is 2.40. The molecule has 2 unspecified atom stereocenters. The molecular weight excluding hydrogens is 600 g/mol. The van der Waals surface area contributed by atoms with Gasteiger partial charge in [-0.15, -0.1) is 11.3 Å². The third kappa shape index (κ3) is 5.70. The van der Waals surface area contributed by atoms with E-state index in [-0.39, 0.29) is 49.0 Å². The number of aromatic nitrogens is 3. The van der Waals surface area contributed by atoms with Crippen LogP contribution in [0.2, 0.25) is 5.02 Å². The molecule has 0 saturated heterocycles. The highest BCUT2D eigenvalue weighted by Crippen LogP contribution is 2.43. The lowest BCUT2D eigenvalue weighted by atomic mass is 9.80. The second-order valence-corrected chi connectivity index (χ2v) is 11.8. The van der Waals surface area contributed by atoms with Gasteiger partial charge in [-0.05, 0) is 50.7 Å². The second kappa shape index (κ2) is 12.5. The van der Waals surface area contributed by atoms with E-state index in [1.165, 1.54) is 24.5 Å². The number of esters is 2. The lowest BCUT2D eigenvalue weighted by molar-refractivity contribution is -0.150. The van der Waals surface area contributed by atoms with Crippen LogP contribution in [0.5, 0.6) is 0 Å². The van der Waals surface area contributed by atoms with Crippen molar-refractivity contribution in [2.45, 2.75) is 58.5 Å². The predicted octanol–water partition coefficient (Wildman–Crippen LogP) is 5.74. The summed E-state index contributed by atoms with van der Waals surface area (Å²) in [5.41, 5.74) is 2.97. The summed E-state index contributed by atoms with van der Waals surface area (Å²) in [5.74, 6) is -2.97. The Morgan fingerprint density at radius 3 is 2.74 bits per heavy atom. The number of thiazole rings is 1. The molecule has 228 valence electrons. The molecule has 1 aromatic carbocycles. The SMILES string of the molecule is C.CCOC(=O)C1=C(C2CCc3nn(C4CC(C(=O)OC)C4)cc3C2)NC(c2nccs2)=NC1c1ccc(F)c(F)c1Cl. The maximum atomic E-state index is 14.7. The van der Waals surface area contributed by atoms with Crippen LogP contribution in [0.25, 0.3) is 0 Å². The number of aliphatic imine (C=N–C) groups is 1. The first kappa shape index (κ1) is 30.8. The Bertz CT molecular complexity index is 1600. The van der Waals surface area contributed by atoms with Crippen LogP contribution < -0.4 is 5.32 Å². The smallest absolute Gasteiger partial charge is 0.338 e. The number of allylic oxidation sites excluding steroid dienone is 1. The maximum Gasteiger partial charge on any atom is 0.338 e. The summed E-state index contributed by atoms with van der Waals surface area (Å²) in [4.78, 5) is 34.5. The molecule has 3 heterocycles. The van der Waals surface area contributed by atoms with Crippen LogP contribution in [-0.4, -0.2) is 46.3 Å². The Hall–Kier alpha value is -3.64. The summed E-state index contributed by atoms with van der Waals surface area (Å²) in [6.07, 6.45) is 6.95. The van der Waals surface area contributed by atoms with E-state index in [0.717, 1.165) is 17.3 Å². The molecule has 0 spiro atoms. The summed E-state index contributed by atoms with van der Waals surface area (Å²) >= 11 is 7.67. The highest BCUT2D eigenvalue weighted by molar-refractivity contribution is 7.11. The fraction of sp³-hybridized carbons (Fsp3) is 0.433. The number of aryl methyl sites for hydroxylation is 1. The topological polar surface area (TPSA) is 108 Å². The Labute approximate surface area is 257 Å². The monoisotopic (exact) mass is 631 g/mol. The van der Waals surface area contributed by atoms with Crippen LogP contribution in [-0.2, 0) is 31.9 Å². The summed E-state index contributed by atoms with van der Waals surface area (Å²) in [6, 6.07) is 1.41. The fourth-order valence-electron chi connectivity index (χ4n) is 5.87. The van der Waals surface area contributed by atoms with Gasteiger partial charge in [0.2, 0.25) is 0 Å². The van der Waals surface area contributed by atoms with Gasteiger partial charge >= 0.3 is 11.9 Å². The molecule has 1 saturated carbocycles. The van der Waals surface area contributed by atoms with Gasteiger partial charge in [0.15, 0.2) is 22.5 Å². The number of amidine groups is 1. The van der Waals surface area contributed by atoms with Gasteiger partial charge in [-0.3, -0.25) is 14.5 Å². The van der Waals surface area contributed by atoms with Gasteiger partial charge in [0, 0.05) is 35.0 Å². The van der Waals surface area contributed by atoms with Crippen molar-refractivity contribution in [1.29, 1.82) is 0 Å². The number of nitrogens with one attached hydrogen (secondary N) is 1. The first-order chi connectivity index (χ1) is 20.3. The van der Waals surface area contributed by atoms with Crippen molar-refractivity contribution < 1.29 is 27.8 Å². The minimum atomic E-state index is -1.20. The maximum absolute atomic E-state index is 14.7. The van der Waals surface area contributed by atoms with Gasteiger partial charge in [-0.1, -0.05) is 25.1 Å². The molecule has 3 aliphatic rings. The van der Waals surface area contributed by atoms with E-state index >= 15 is 0 Å². The minimum Gasteiger partial charge on any atom is -0.469 e. The molecule has 2 atom stereocenters. The van der Waals surface area contributed by atoms with Crippen LogP contribution >= 0.6 is 22.9 Å². The number of rotatable bonds is 7. The zero-order chi connectivity index (χ0) is 29.5. The lowest BCUT2D eigenvalue weighted by Crippen LogP contribution is -2.38. The molecule has 0 radical (unpaired) electrons. The molecular formula is C30H32ClF2N5O4S. The summed E-state index contributed by atoms with van der Waals surface area (Å²) in [5, 5.41) is 10.1. The normalized spacial score (nSPS) is 22.9. The van der Waals surface area contributed by atoms with E-state index in [2.05, 4.69) is 10.3 Å². The number of benzene rings is 1. The van der Waals surface area contributed by atoms with Crippen molar-refractivity contribution >= 4 is 40.7 Å². The molecule has 1 fully saturated rings. The van der Waals surface area contributed by atoms with Gasteiger partial charge in [-0.25, -0.2) is 18.6 Å². The average Bonchev–Trinajstić information content (AvgIpc) is 3.65. The molecule has 9 nitrogen and oxygen atoms in total. The van der Waals surface area contributed by atoms with Crippen molar-refractivity contribution in [2.24, 2.45) is 16.8 Å². The molecule has 6 rings (SSSR count). The van der Waals surface area contributed by atoms with Crippen molar-refractivity contribution in [1.82, 2.24) is 20.1 Å². The van der Waals surface area contributed by atoms with Crippen LogP contribution in [0.15, 0.2) is 46.2 Å². The average molecular weight is 632 g/mol. The van der Waals surface area contributed by atoms with E-state index in [1.54, 1.807) is 18.5 Å². The van der Waals surface area contributed by atoms with E-state index in [4.69, 9.17) is 31.2 Å². The molecule has 0 amide bonds. The first-order valence-corrected chi connectivity index (χ1v) is 15.0. The number of carbonyl (C=O) groups is 2. The zero-order valence-electron chi connectivity index (χ0n) is 22.9. The Morgan fingerprint density at radius 2 is 2.05 bits per heavy atom. The third-order valence-electron chi connectivity index (χ3n) is 8.09. The molecule has 13 heteroatoms. The fourth-order valence-corrected chi connectivity index (χ4v) is 6.71. The summed E-state index contributed by atoms with van der Waals surface area (Å²) < 4.78 is 40.9. The molecule has 1 N–H and O–H groups in total. The van der Waals surface area contributed by atoms with Crippen molar-refractivity contribution in [2.75, 3.05) is 13.7 Å². The quantitative estimate of drug-likeness (QED) is 0.262. The molecule has 1 aliphatic heterocycles. The van der Waals surface area contributed by atoms with Gasteiger partial charge in [-0.2, -0.15) is 5.10 Å². The van der Waals surface area contributed by atoms with E-state index in [0.29, 0.717) is 48.6 Å². The largest absolute Gasteiger partial charge is 0.469 e. The molecule has 43 heavy (non-hydrogen) atoms. The second-order valence-electron chi connectivity index (χ2n) is 10.5. The summed E-state index contributed by atoms with van der Waals surface area (Å²) in [6.45, 7) is 1.82. The van der Waals surface area contributed by atoms with Gasteiger partial charge in [0.25, 0.3) is 0 Å². The third-order valence-corrected chi connectivity index (χ3v) is 9.25. The number of hydrogen-bond donors (Lipinski definition) is 1. The Balaban J connectivity index is 0.00000368. The van der Waals surface area contributed by atoms with Crippen LogP contribution in [0, 0.1) is 23.5 Å². The number of ether oxygens (including phenoxy) is 2. The van der Waals surface area contributed by atoms with Crippen molar-refractivity contribution in [3.8, 4) is 0 Å². The molecule has 0 bridgehead atoms. The number of carbonyl (C=O) groups excluding carboxylic acids is 2. The minimum absolute atomic E-state index is 0. The van der Waals surface area contributed by atoms with Gasteiger partial charge in [0.05, 0.1) is 42.0 Å².